The summed E-state index contributed by atoms with van der Waals surface area (Å²) in [6, 6.07) is 102. The van der Waals surface area contributed by atoms with Crippen molar-refractivity contribution < 1.29 is 22.6 Å². The maximum atomic E-state index is 13.1. The first-order valence-electron chi connectivity index (χ1n) is 41.4. The summed E-state index contributed by atoms with van der Waals surface area (Å²) in [5.41, 5.74) is 8.01. The summed E-state index contributed by atoms with van der Waals surface area (Å²) in [7, 11) is 2.74. The van der Waals surface area contributed by atoms with Gasteiger partial charge in [0.05, 0.1) is 30.2 Å². The van der Waals surface area contributed by atoms with Crippen LogP contribution in [0.4, 0.5) is 13.2 Å². The number of rotatable bonds is 13. The number of hydrogen-bond donors (Lipinski definition) is 0. The summed E-state index contributed by atoms with van der Waals surface area (Å²) >= 11 is 0. The maximum Gasteiger partial charge on any atom is 0.416 e. The van der Waals surface area contributed by atoms with Gasteiger partial charge in [-0.15, -0.1) is 0 Å². The lowest BCUT2D eigenvalue weighted by Crippen LogP contribution is -2.18. The molecule has 2 nitrogen and oxygen atoms in total. The first-order valence-corrected chi connectivity index (χ1v) is 49.5. The van der Waals surface area contributed by atoms with Crippen molar-refractivity contribution in [2.45, 2.75) is 176 Å². The van der Waals surface area contributed by atoms with Crippen molar-refractivity contribution in [3.8, 4) is 26.2 Å². The van der Waals surface area contributed by atoms with Gasteiger partial charge >= 0.3 is 6.18 Å². The minimum atomic E-state index is -4.31. The Labute approximate surface area is 706 Å². The first kappa shape index (κ1) is 86.6. The van der Waals surface area contributed by atoms with Crippen molar-refractivity contribution in [3.05, 3.63) is 346 Å². The third-order valence-corrected chi connectivity index (χ3v) is 35.0. The van der Waals surface area contributed by atoms with Crippen molar-refractivity contribution in [3.63, 3.8) is 0 Å². The Morgan fingerprint density at radius 2 is 0.784 bits per heavy atom. The fourth-order valence-corrected chi connectivity index (χ4v) is 29.0. The SMILES string of the molecule is CC.CC(C)(C)c1ccc(-[s+]2ccc3ccccc32)cc1.CCCCCCOc1c(C)cc(-[s+]2c3ccccc3c3ccccc32)cc1C.COc1c(C)cc([S+]2CCCCC2)cc1C.FC(F)(F)c1ccc2c(c1)Cc1ccccc1[S+]2c1ccccc1.c1ccc(-[s+]2ccc3ccccc32)cc1.c1ccc([S+]2CCCCC2)cc1. The molecule has 0 spiro atoms. The van der Waals surface area contributed by atoms with Gasteiger partial charge in [0.15, 0.2) is 58.0 Å². The topological polar surface area (TPSA) is 18.5 Å². The van der Waals surface area contributed by atoms with E-state index in [9.17, 15) is 13.2 Å². The molecule has 3 atom stereocenters. The monoisotopic (exact) mass is 1660 g/mol. The van der Waals surface area contributed by atoms with Crippen molar-refractivity contribution in [1.82, 2.24) is 0 Å². The Kier molecular flexibility index (Phi) is 31.4. The van der Waals surface area contributed by atoms with E-state index in [2.05, 4.69) is 291 Å². The van der Waals surface area contributed by atoms with Gasteiger partial charge in [-0.3, -0.25) is 0 Å². The van der Waals surface area contributed by atoms with Gasteiger partial charge in [-0.25, -0.2) is 0 Å². The number of thiophene rings is 3. The minimum absolute atomic E-state index is 0.0350. The molecule has 116 heavy (non-hydrogen) atoms. The lowest BCUT2D eigenvalue weighted by atomic mass is 9.87. The van der Waals surface area contributed by atoms with Gasteiger partial charge in [0.25, 0.3) is 0 Å². The van der Waals surface area contributed by atoms with E-state index in [1.54, 1.807) is 23.0 Å². The lowest BCUT2D eigenvalue weighted by molar-refractivity contribution is -0.137. The second-order valence-electron chi connectivity index (χ2n) is 30.6. The van der Waals surface area contributed by atoms with Gasteiger partial charge in [-0.2, -0.15) is 13.2 Å². The fraction of sp³-hybridized carbons (Fsp3) is 0.276. The van der Waals surface area contributed by atoms with Crippen LogP contribution in [0.2, 0.25) is 0 Å². The number of unbranched alkanes of at least 4 members (excludes halogenated alkanes) is 3. The highest BCUT2D eigenvalue weighted by molar-refractivity contribution is 7.97. The Morgan fingerprint density at radius 1 is 0.362 bits per heavy atom. The standard InChI is InChI=1S/C26H29OS.C20H14F3S.C18H19S.C14H21OS.C14H11S.C11H15S.C2H6/c1-4-5-6-11-16-27-26-19(2)17-21(18-20(26)3)28-24-14-9-7-12-22(24)23-13-8-10-15-25(23)28;21-20(22,23)16-10-11-19-15(13-16)12-14-6-4-5-9-18(14)24(19)17-7-2-1-3-8-17;1-18(2,3)15-8-10-16(11-9-15)19-13-12-14-6-4-5-7-17(14)19;1-11-9-13(10-12(2)14(11)15-3)16-7-5-4-6-8-16;1-2-7-13(8-3-1)15-11-10-12-6-4-5-9-14(12)15;1-3-7-11(8-4-1)12-9-5-2-6-10-12;1-2/h7-10,12-15,17-18H,4-6,11,16H2,1-3H3;1-11,13H,12H2;4-13H,1-3H3;9-10H,4-8H2,1-3H3;1-11H;1,3-4,7-8H,2,5-6,9-10H2;1-2H3/q6*+1;. The zero-order valence-electron chi connectivity index (χ0n) is 69.6. The average Bonchev–Trinajstić information content (AvgIpc) is 1.53. The van der Waals surface area contributed by atoms with Crippen LogP contribution in [0.15, 0.2) is 326 Å². The van der Waals surface area contributed by atoms with E-state index in [-0.39, 0.29) is 47.7 Å². The summed E-state index contributed by atoms with van der Waals surface area (Å²) < 4.78 is 56.6. The predicted octanol–water partition coefficient (Wildman–Crippen LogP) is 31.8. The molecule has 3 aromatic heterocycles. The van der Waals surface area contributed by atoms with Gasteiger partial charge in [0.2, 0.25) is 0 Å². The summed E-state index contributed by atoms with van der Waals surface area (Å²) in [6.07, 6.45) is 9.77. The number of halogens is 3. The van der Waals surface area contributed by atoms with Crippen LogP contribution in [0.25, 0.3) is 55.0 Å². The van der Waals surface area contributed by atoms with E-state index < -0.39 is 11.7 Å². The number of benzene rings is 12. The molecule has 15 aromatic rings. The van der Waals surface area contributed by atoms with Gasteiger partial charge in [0, 0.05) is 117 Å². The molecule has 3 aliphatic heterocycles. The fourth-order valence-electron chi connectivity index (χ4n) is 15.4. The molecule has 0 bridgehead atoms. The van der Waals surface area contributed by atoms with Crippen LogP contribution in [0.5, 0.6) is 11.5 Å². The van der Waals surface area contributed by atoms with Crippen LogP contribution in [0.1, 0.15) is 150 Å². The molecule has 18 rings (SSSR count). The zero-order chi connectivity index (χ0) is 81.6. The van der Waals surface area contributed by atoms with Crippen LogP contribution < -0.4 is 9.47 Å². The minimum Gasteiger partial charge on any atom is -0.496 e. The van der Waals surface area contributed by atoms with E-state index in [0.29, 0.717) is 28.2 Å². The van der Waals surface area contributed by atoms with Crippen LogP contribution in [0.3, 0.4) is 0 Å². The molecule has 2 saturated heterocycles. The van der Waals surface area contributed by atoms with E-state index in [1.807, 2.05) is 62.4 Å². The van der Waals surface area contributed by atoms with E-state index >= 15 is 0 Å². The second-order valence-corrected chi connectivity index (χ2v) is 42.8. The Balaban J connectivity index is 0.000000130. The van der Waals surface area contributed by atoms with Crippen molar-refractivity contribution in [1.29, 1.82) is 0 Å². The largest absolute Gasteiger partial charge is 0.496 e. The first-order chi connectivity index (χ1) is 56.4. The number of alkyl halides is 3. The number of hydrogen-bond acceptors (Lipinski definition) is 2. The number of aryl methyl sites for hydroxylation is 4. The predicted molar refractivity (Wildman–Crippen MR) is 507 cm³/mol. The van der Waals surface area contributed by atoms with Gasteiger partial charge < -0.3 is 9.47 Å². The molecule has 3 unspecified atom stereocenters. The maximum absolute atomic E-state index is 13.1. The van der Waals surface area contributed by atoms with Crippen LogP contribution in [-0.2, 0) is 50.7 Å². The molecular weight excluding hydrogens is 1540 g/mol. The highest BCUT2D eigenvalue weighted by Gasteiger charge is 2.40. The summed E-state index contributed by atoms with van der Waals surface area (Å²) in [4.78, 5) is 10.7. The van der Waals surface area contributed by atoms with Gasteiger partial charge in [0.1, 0.15) is 45.3 Å². The average molecular weight is 1660 g/mol. The van der Waals surface area contributed by atoms with Crippen molar-refractivity contribution >= 4 is 104 Å². The Bertz CT molecular complexity index is 5490. The quantitative estimate of drug-likeness (QED) is 0.0846. The summed E-state index contributed by atoms with van der Waals surface area (Å²) in [5.74, 6) is 7.79. The van der Waals surface area contributed by atoms with Crippen molar-refractivity contribution in [2.75, 3.05) is 36.7 Å². The molecule has 0 N–H and O–H groups in total. The van der Waals surface area contributed by atoms with Crippen molar-refractivity contribution in [2.24, 2.45) is 0 Å². The number of methoxy groups -OCH3 is 1. The molecule has 598 valence electrons. The lowest BCUT2D eigenvalue weighted by Gasteiger charge is -2.20. The smallest absolute Gasteiger partial charge is 0.416 e. The molecule has 0 radical (unpaired) electrons. The van der Waals surface area contributed by atoms with E-state index in [0.717, 1.165) is 45.4 Å². The highest BCUT2D eigenvalue weighted by Crippen LogP contribution is 2.50. The third kappa shape index (κ3) is 21.9. The molecular formula is C105H115F3O2S6+6. The van der Waals surface area contributed by atoms with Gasteiger partial charge in [-0.05, 0) is 239 Å². The second kappa shape index (κ2) is 42.1. The van der Waals surface area contributed by atoms with Crippen LogP contribution >= 0.6 is 31.4 Å². The van der Waals surface area contributed by atoms with E-state index in [1.165, 1.54) is 181 Å². The molecule has 2 fully saturated rings. The molecule has 0 aliphatic carbocycles. The summed E-state index contributed by atoms with van der Waals surface area (Å²) in [6.45, 7) is 22.5. The number of fused-ring (bicyclic) bond motifs is 7. The van der Waals surface area contributed by atoms with Crippen LogP contribution in [0, 0.1) is 27.7 Å². The molecule has 12 aromatic carbocycles. The molecule has 0 amide bonds. The number of ether oxygens (including phenoxy) is 2. The van der Waals surface area contributed by atoms with E-state index in [4.69, 9.17) is 9.47 Å². The molecule has 6 heterocycles. The summed E-state index contributed by atoms with van der Waals surface area (Å²) in [5, 5.41) is 10.1. The zero-order valence-corrected chi connectivity index (χ0v) is 74.5. The third-order valence-electron chi connectivity index (χ3n) is 21.2. The highest BCUT2D eigenvalue weighted by atomic mass is 32.2. The Morgan fingerprint density at radius 3 is 1.29 bits per heavy atom. The normalized spacial score (nSPS) is 14.2. The molecule has 11 heteroatoms. The van der Waals surface area contributed by atoms with Crippen LogP contribution in [-0.4, -0.2) is 36.7 Å². The Hall–Kier alpha value is -8.78. The van der Waals surface area contributed by atoms with Gasteiger partial charge in [-0.1, -0.05) is 194 Å². The molecule has 3 aliphatic rings. The molecule has 0 saturated carbocycles.